The van der Waals surface area contributed by atoms with Gasteiger partial charge >= 0.3 is 26.2 Å². The monoisotopic (exact) mass is 647 g/mol. The molecule has 0 bridgehead atoms. The summed E-state index contributed by atoms with van der Waals surface area (Å²) >= 11 is 0. The fourth-order valence-electron chi connectivity index (χ4n) is 5.35. The molecule has 3 nitrogen and oxygen atoms in total. The Kier molecular flexibility index (Phi) is 11.5. The third-order valence-electron chi connectivity index (χ3n) is 7.42. The van der Waals surface area contributed by atoms with E-state index >= 15 is 0 Å². The van der Waals surface area contributed by atoms with Crippen molar-refractivity contribution in [3.8, 4) is 56.3 Å². The van der Waals surface area contributed by atoms with Gasteiger partial charge in [0, 0.05) is 22.3 Å². The molecule has 0 saturated heterocycles. The fourth-order valence-corrected chi connectivity index (χ4v) is 5.35. The maximum absolute atomic E-state index is 11.3. The SMILES string of the molecule is CC(C)(C)c1cccc(-c2ccccc2-c2cccc(-c3ccccc3-c3cccc(C(C)(C)C)c3O)n2)c1O.[CH3-].[CH3-].[Zr+2]. The summed E-state index contributed by atoms with van der Waals surface area (Å²) in [5.41, 5.74) is 8.41. The summed E-state index contributed by atoms with van der Waals surface area (Å²) in [4.78, 5) is 5.12. The van der Waals surface area contributed by atoms with E-state index in [1.165, 1.54) is 0 Å². The van der Waals surface area contributed by atoms with Gasteiger partial charge in [-0.05, 0) is 45.2 Å². The van der Waals surface area contributed by atoms with E-state index in [9.17, 15) is 10.2 Å². The minimum absolute atomic E-state index is 0. The second-order valence-corrected chi connectivity index (χ2v) is 12.4. The average Bonchev–Trinajstić information content (AvgIpc) is 2.92. The Hall–Kier alpha value is -3.49. The predicted octanol–water partition coefficient (Wildman–Crippen LogP) is 10.7. The molecule has 0 unspecified atom stereocenters. The van der Waals surface area contributed by atoms with E-state index < -0.39 is 0 Å². The van der Waals surface area contributed by atoms with Crippen molar-refractivity contribution in [3.63, 3.8) is 0 Å². The molecule has 4 aromatic carbocycles. The number of pyridine rings is 1. The molecule has 0 aliphatic rings. The Bertz CT molecular complexity index is 1570. The van der Waals surface area contributed by atoms with Crippen molar-refractivity contribution < 1.29 is 36.4 Å². The zero-order valence-corrected chi connectivity index (χ0v) is 29.1. The van der Waals surface area contributed by atoms with Gasteiger partial charge in [0.15, 0.2) is 0 Å². The molecular formula is C39H43NO2Zr. The number of nitrogens with zero attached hydrogens (tertiary/aromatic N) is 1. The molecule has 5 rings (SSSR count). The summed E-state index contributed by atoms with van der Waals surface area (Å²) in [5, 5.41) is 22.6. The summed E-state index contributed by atoms with van der Waals surface area (Å²) in [6.07, 6.45) is 0. The average molecular weight is 649 g/mol. The minimum Gasteiger partial charge on any atom is -0.507 e. The van der Waals surface area contributed by atoms with Crippen molar-refractivity contribution >= 4 is 0 Å². The van der Waals surface area contributed by atoms with Crippen LogP contribution in [0.3, 0.4) is 0 Å². The molecule has 0 spiro atoms. The first kappa shape index (κ1) is 35.7. The minimum atomic E-state index is -0.188. The Morgan fingerprint density at radius 3 is 1.07 bits per heavy atom. The molecule has 0 radical (unpaired) electrons. The maximum atomic E-state index is 11.3. The van der Waals surface area contributed by atoms with Gasteiger partial charge in [0.25, 0.3) is 0 Å². The Morgan fingerprint density at radius 2 is 0.721 bits per heavy atom. The molecule has 0 aliphatic heterocycles. The second kappa shape index (κ2) is 13.9. The van der Waals surface area contributed by atoms with Crippen LogP contribution in [-0.2, 0) is 37.0 Å². The predicted molar refractivity (Wildman–Crippen MR) is 180 cm³/mol. The zero-order valence-electron chi connectivity index (χ0n) is 26.7. The van der Waals surface area contributed by atoms with Crippen LogP contribution in [0.15, 0.2) is 103 Å². The first-order valence-corrected chi connectivity index (χ1v) is 13.8. The van der Waals surface area contributed by atoms with Gasteiger partial charge in [-0.25, -0.2) is 4.98 Å². The van der Waals surface area contributed by atoms with Crippen LogP contribution in [0, 0.1) is 14.9 Å². The van der Waals surface area contributed by atoms with Crippen LogP contribution >= 0.6 is 0 Å². The summed E-state index contributed by atoms with van der Waals surface area (Å²) in [5.74, 6) is 0.608. The fraction of sp³-hybridized carbons (Fsp3) is 0.205. The molecule has 0 aliphatic carbocycles. The van der Waals surface area contributed by atoms with E-state index in [0.29, 0.717) is 11.5 Å². The van der Waals surface area contributed by atoms with Crippen molar-refractivity contribution in [1.29, 1.82) is 0 Å². The van der Waals surface area contributed by atoms with Crippen LogP contribution in [0.5, 0.6) is 11.5 Å². The number of rotatable bonds is 4. The van der Waals surface area contributed by atoms with Crippen molar-refractivity contribution in [1.82, 2.24) is 4.98 Å². The van der Waals surface area contributed by atoms with Crippen LogP contribution in [-0.4, -0.2) is 15.2 Å². The Balaban J connectivity index is 0.00000215. The van der Waals surface area contributed by atoms with Gasteiger partial charge in [0.05, 0.1) is 11.4 Å². The van der Waals surface area contributed by atoms with Gasteiger partial charge < -0.3 is 25.1 Å². The number of hydrogen-bond donors (Lipinski definition) is 2. The van der Waals surface area contributed by atoms with E-state index in [2.05, 4.69) is 53.7 Å². The molecule has 0 saturated carbocycles. The molecule has 1 heterocycles. The molecule has 0 amide bonds. The van der Waals surface area contributed by atoms with Gasteiger partial charge in [-0.3, -0.25) is 0 Å². The van der Waals surface area contributed by atoms with E-state index in [4.69, 9.17) is 4.98 Å². The normalized spacial score (nSPS) is 11.1. The van der Waals surface area contributed by atoms with E-state index in [1.54, 1.807) is 0 Å². The summed E-state index contributed by atoms with van der Waals surface area (Å²) < 4.78 is 0. The number of phenols is 2. The van der Waals surface area contributed by atoms with Crippen LogP contribution < -0.4 is 0 Å². The van der Waals surface area contributed by atoms with Gasteiger partial charge in [-0.2, -0.15) is 0 Å². The number of para-hydroxylation sites is 2. The second-order valence-electron chi connectivity index (χ2n) is 12.4. The Labute approximate surface area is 277 Å². The largest absolute Gasteiger partial charge is 2.00 e. The third-order valence-corrected chi connectivity index (χ3v) is 7.42. The number of aromatic nitrogens is 1. The molecule has 220 valence electrons. The molecule has 5 aromatic rings. The van der Waals surface area contributed by atoms with Crippen molar-refractivity contribution in [2.45, 2.75) is 52.4 Å². The molecular weight excluding hydrogens is 606 g/mol. The molecule has 2 N–H and O–H groups in total. The summed E-state index contributed by atoms with van der Waals surface area (Å²) in [6, 6.07) is 34.1. The Morgan fingerprint density at radius 1 is 0.419 bits per heavy atom. The molecule has 4 heteroatoms. The number of aromatic hydroxyl groups is 2. The molecule has 0 atom stereocenters. The van der Waals surface area contributed by atoms with Crippen LogP contribution in [0.4, 0.5) is 0 Å². The van der Waals surface area contributed by atoms with Gasteiger partial charge in [-0.1, -0.05) is 133 Å². The topological polar surface area (TPSA) is 53.4 Å². The number of benzene rings is 4. The third kappa shape index (κ3) is 7.19. The van der Waals surface area contributed by atoms with E-state index in [-0.39, 0.29) is 51.9 Å². The van der Waals surface area contributed by atoms with Crippen molar-refractivity contribution in [3.05, 3.63) is 129 Å². The van der Waals surface area contributed by atoms with Gasteiger partial charge in [-0.15, -0.1) is 0 Å². The van der Waals surface area contributed by atoms with E-state index in [1.807, 2.05) is 91.0 Å². The van der Waals surface area contributed by atoms with E-state index in [0.717, 1.165) is 55.9 Å². The maximum Gasteiger partial charge on any atom is 2.00 e. The first-order valence-electron chi connectivity index (χ1n) is 13.8. The van der Waals surface area contributed by atoms with Crippen LogP contribution in [0.1, 0.15) is 52.7 Å². The quantitative estimate of drug-likeness (QED) is 0.191. The van der Waals surface area contributed by atoms with Crippen LogP contribution in [0.25, 0.3) is 44.8 Å². The number of phenolic OH excluding ortho intramolecular Hbond substituents is 2. The van der Waals surface area contributed by atoms with Crippen molar-refractivity contribution in [2.75, 3.05) is 0 Å². The number of hydrogen-bond acceptors (Lipinski definition) is 3. The zero-order chi connectivity index (χ0) is 28.7. The summed E-state index contributed by atoms with van der Waals surface area (Å²) in [6.45, 7) is 12.6. The standard InChI is InChI=1S/C37H37NO2.2CH3.Zr/c1-36(2,3)30-20-11-18-28(34(30)39)24-14-7-9-16-26(24)32-22-13-23-33(38-32)27-17-10-8-15-25(27)29-19-12-21-31(35(29)40)37(4,5)6;;;/h7-23,39-40H,1-6H3;2*1H3;/q;2*-1;+2. The first-order chi connectivity index (χ1) is 19.0. The molecule has 43 heavy (non-hydrogen) atoms. The summed E-state index contributed by atoms with van der Waals surface area (Å²) in [7, 11) is 0. The smallest absolute Gasteiger partial charge is 0.507 e. The van der Waals surface area contributed by atoms with Crippen LogP contribution in [0.2, 0.25) is 0 Å². The van der Waals surface area contributed by atoms with Crippen molar-refractivity contribution in [2.24, 2.45) is 0 Å². The van der Waals surface area contributed by atoms with Gasteiger partial charge in [0.1, 0.15) is 11.5 Å². The molecule has 0 fully saturated rings. The molecule has 1 aromatic heterocycles. The van der Waals surface area contributed by atoms with Gasteiger partial charge in [0.2, 0.25) is 0 Å².